The highest BCUT2D eigenvalue weighted by Gasteiger charge is 2.52. The lowest BCUT2D eigenvalue weighted by atomic mass is 9.76. The summed E-state index contributed by atoms with van der Waals surface area (Å²) in [6, 6.07) is 4.70. The third-order valence-electron chi connectivity index (χ3n) is 4.44. The van der Waals surface area contributed by atoms with Crippen LogP contribution in [-0.2, 0) is 15.7 Å². The lowest BCUT2D eigenvalue weighted by Gasteiger charge is -2.32. The molecule has 1 heterocycles. The molecule has 1 aromatic carbocycles. The smallest absolute Gasteiger partial charge is 0.399 e. The zero-order valence-electron chi connectivity index (χ0n) is 14.0. The Kier molecular flexibility index (Phi) is 4.51. The number of nitrogens with one attached hydrogen (secondary N) is 1. The van der Waals surface area contributed by atoms with Crippen molar-refractivity contribution in [2.24, 2.45) is 0 Å². The van der Waals surface area contributed by atoms with Crippen molar-refractivity contribution in [2.45, 2.75) is 45.3 Å². The van der Waals surface area contributed by atoms with Crippen molar-refractivity contribution < 1.29 is 18.5 Å². The number of hydrogen-bond acceptors (Lipinski definition) is 4. The Labute approximate surface area is 135 Å². The van der Waals surface area contributed by atoms with Crippen molar-refractivity contribution in [3.05, 3.63) is 29.1 Å². The summed E-state index contributed by atoms with van der Waals surface area (Å²) < 4.78 is 26.4. The highest BCUT2D eigenvalue weighted by atomic mass is 19.1. The number of hydrogen-bond donors (Lipinski definition) is 1. The van der Waals surface area contributed by atoms with E-state index in [9.17, 15) is 9.18 Å². The third-order valence-corrected chi connectivity index (χ3v) is 4.44. The van der Waals surface area contributed by atoms with Crippen LogP contribution >= 0.6 is 0 Å². The van der Waals surface area contributed by atoms with Gasteiger partial charge in [0.2, 0.25) is 0 Å². The molecule has 7 heteroatoms. The van der Waals surface area contributed by atoms with Gasteiger partial charge in [-0.25, -0.2) is 4.39 Å². The average molecular weight is 318 g/mol. The summed E-state index contributed by atoms with van der Waals surface area (Å²) in [7, 11) is 0.562. The van der Waals surface area contributed by atoms with Gasteiger partial charge in [0, 0.05) is 23.6 Å². The summed E-state index contributed by atoms with van der Waals surface area (Å²) in [5.41, 5.74) is -0.692. The van der Waals surface area contributed by atoms with Gasteiger partial charge in [0.1, 0.15) is 5.82 Å². The molecule has 0 aliphatic carbocycles. The van der Waals surface area contributed by atoms with E-state index in [2.05, 4.69) is 5.32 Å². The number of halogens is 1. The van der Waals surface area contributed by atoms with Crippen molar-refractivity contribution >= 4 is 18.5 Å². The van der Waals surface area contributed by atoms with Gasteiger partial charge in [0.05, 0.1) is 23.7 Å². The Morgan fingerprint density at radius 1 is 1.30 bits per heavy atom. The van der Waals surface area contributed by atoms with E-state index < -0.39 is 24.1 Å². The maximum Gasteiger partial charge on any atom is 0.497 e. The molecular formula is C16H20BFN2O3. The van der Waals surface area contributed by atoms with Gasteiger partial charge in [0.25, 0.3) is 5.91 Å². The van der Waals surface area contributed by atoms with Crippen molar-refractivity contribution in [1.29, 1.82) is 5.26 Å². The first-order valence-electron chi connectivity index (χ1n) is 7.40. The Balaban J connectivity index is 2.52. The van der Waals surface area contributed by atoms with Crippen LogP contribution < -0.4 is 10.8 Å². The molecule has 0 saturated carbocycles. The van der Waals surface area contributed by atoms with Crippen LogP contribution in [0.3, 0.4) is 0 Å². The lowest BCUT2D eigenvalue weighted by Crippen LogP contribution is -2.41. The highest BCUT2D eigenvalue weighted by Crippen LogP contribution is 2.36. The van der Waals surface area contributed by atoms with Crippen LogP contribution in [0.4, 0.5) is 4.39 Å². The van der Waals surface area contributed by atoms with Crippen molar-refractivity contribution in [3.8, 4) is 6.07 Å². The molecule has 0 aromatic heterocycles. The zero-order chi connectivity index (χ0) is 17.4. The topological polar surface area (TPSA) is 71.4 Å². The van der Waals surface area contributed by atoms with E-state index in [1.54, 1.807) is 0 Å². The third kappa shape index (κ3) is 3.10. The van der Waals surface area contributed by atoms with Crippen LogP contribution in [-0.4, -0.2) is 31.3 Å². The van der Waals surface area contributed by atoms with Crippen LogP contribution in [0.15, 0.2) is 12.1 Å². The minimum absolute atomic E-state index is 0.134. The molecule has 1 aromatic rings. The number of carbonyl (C=O) groups excluding carboxylic acids is 1. The van der Waals surface area contributed by atoms with Gasteiger partial charge >= 0.3 is 7.12 Å². The number of nitriles is 1. The molecule has 0 radical (unpaired) electrons. The summed E-state index contributed by atoms with van der Waals surface area (Å²) in [6.07, 6.45) is -0.136. The van der Waals surface area contributed by atoms with Crippen LogP contribution in [0.25, 0.3) is 0 Å². The van der Waals surface area contributed by atoms with Gasteiger partial charge in [-0.3, -0.25) is 4.79 Å². The molecule has 0 bridgehead atoms. The largest absolute Gasteiger partial charge is 0.497 e. The lowest BCUT2D eigenvalue weighted by molar-refractivity contribution is 0.00578. The van der Waals surface area contributed by atoms with Gasteiger partial charge in [-0.15, -0.1) is 0 Å². The average Bonchev–Trinajstić information content (AvgIpc) is 2.68. The second-order valence-electron chi connectivity index (χ2n) is 6.54. The molecule has 2 rings (SSSR count). The van der Waals surface area contributed by atoms with Gasteiger partial charge in [-0.05, 0) is 39.8 Å². The first kappa shape index (κ1) is 17.4. The Morgan fingerprint density at radius 3 is 2.35 bits per heavy atom. The predicted octanol–water partition coefficient (Wildman–Crippen LogP) is 1.55. The van der Waals surface area contributed by atoms with E-state index in [1.165, 1.54) is 19.2 Å². The monoisotopic (exact) mass is 318 g/mol. The van der Waals surface area contributed by atoms with Crippen LogP contribution in [0.5, 0.6) is 0 Å². The first-order valence-corrected chi connectivity index (χ1v) is 7.40. The van der Waals surface area contributed by atoms with Crippen LogP contribution in [0.2, 0.25) is 0 Å². The van der Waals surface area contributed by atoms with Crippen molar-refractivity contribution in [2.75, 3.05) is 7.05 Å². The fraction of sp³-hybridized carbons (Fsp3) is 0.500. The van der Waals surface area contributed by atoms with Crippen LogP contribution in [0.1, 0.15) is 43.6 Å². The molecule has 0 spiro atoms. The molecule has 122 valence electrons. The molecule has 1 aliphatic heterocycles. The molecular weight excluding hydrogens is 298 g/mol. The Morgan fingerprint density at radius 2 is 1.87 bits per heavy atom. The van der Waals surface area contributed by atoms with E-state index in [-0.39, 0.29) is 28.9 Å². The van der Waals surface area contributed by atoms with Crippen molar-refractivity contribution in [1.82, 2.24) is 5.32 Å². The number of carbonyl (C=O) groups is 1. The normalized spacial score (nSPS) is 18.6. The summed E-state index contributed by atoms with van der Waals surface area (Å²) in [5, 5.41) is 11.4. The molecule has 23 heavy (non-hydrogen) atoms. The minimum atomic E-state index is -0.929. The molecule has 1 N–H and O–H groups in total. The number of amides is 1. The second kappa shape index (κ2) is 5.95. The fourth-order valence-electron chi connectivity index (χ4n) is 2.34. The van der Waals surface area contributed by atoms with E-state index >= 15 is 0 Å². The molecule has 0 unspecified atom stereocenters. The second-order valence-corrected chi connectivity index (χ2v) is 6.54. The standard InChI is InChI=1S/C16H20BFN2O3/c1-15(2)16(3,4)23-17(22-15)12-9-11(14(21)20-5)8-10(6-7-19)13(12)18/h8-9H,6H2,1-5H3,(H,20,21). The Hall–Kier alpha value is -1.91. The molecule has 1 aliphatic rings. The molecule has 1 amide bonds. The number of benzene rings is 1. The van der Waals surface area contributed by atoms with Gasteiger partial charge in [-0.1, -0.05) is 0 Å². The zero-order valence-corrected chi connectivity index (χ0v) is 14.0. The number of rotatable bonds is 3. The molecule has 1 saturated heterocycles. The van der Waals surface area contributed by atoms with E-state index in [1.807, 2.05) is 33.8 Å². The summed E-state index contributed by atoms with van der Waals surface area (Å²) >= 11 is 0. The molecule has 0 atom stereocenters. The highest BCUT2D eigenvalue weighted by molar-refractivity contribution is 6.62. The minimum Gasteiger partial charge on any atom is -0.399 e. The predicted molar refractivity (Wildman–Crippen MR) is 84.8 cm³/mol. The molecule has 1 fully saturated rings. The summed E-state index contributed by atoms with van der Waals surface area (Å²) in [4.78, 5) is 11.9. The first-order chi connectivity index (χ1) is 10.6. The van der Waals surface area contributed by atoms with Gasteiger partial charge in [-0.2, -0.15) is 5.26 Å². The van der Waals surface area contributed by atoms with Crippen LogP contribution in [0, 0.1) is 17.1 Å². The maximum absolute atomic E-state index is 14.7. The number of nitrogens with zero attached hydrogens (tertiary/aromatic N) is 1. The summed E-state index contributed by atoms with van der Waals surface area (Å²) in [6.45, 7) is 7.46. The van der Waals surface area contributed by atoms with E-state index in [0.29, 0.717) is 0 Å². The molecule has 5 nitrogen and oxygen atoms in total. The SMILES string of the molecule is CNC(=O)c1cc(CC#N)c(F)c(B2OC(C)(C)C(C)(C)O2)c1. The fourth-order valence-corrected chi connectivity index (χ4v) is 2.34. The van der Waals surface area contributed by atoms with Crippen molar-refractivity contribution in [3.63, 3.8) is 0 Å². The van der Waals surface area contributed by atoms with E-state index in [0.717, 1.165) is 0 Å². The quantitative estimate of drug-likeness (QED) is 0.859. The summed E-state index contributed by atoms with van der Waals surface area (Å²) in [5.74, 6) is -0.931. The van der Waals surface area contributed by atoms with Gasteiger partial charge < -0.3 is 14.6 Å². The van der Waals surface area contributed by atoms with Gasteiger partial charge in [0.15, 0.2) is 0 Å². The Bertz CT molecular complexity index is 667. The van der Waals surface area contributed by atoms with E-state index in [4.69, 9.17) is 14.6 Å². The maximum atomic E-state index is 14.7.